The number of anilines is 1. The van der Waals surface area contributed by atoms with Gasteiger partial charge in [-0.05, 0) is 19.8 Å². The van der Waals surface area contributed by atoms with Gasteiger partial charge in [0.05, 0.1) is 12.1 Å². The van der Waals surface area contributed by atoms with Gasteiger partial charge in [-0.1, -0.05) is 0 Å². The molecule has 0 spiro atoms. The molecule has 1 aliphatic heterocycles. The summed E-state index contributed by atoms with van der Waals surface area (Å²) in [5.41, 5.74) is 0. The Kier molecular flexibility index (Phi) is 2.81. The minimum atomic E-state index is -0.535. The third-order valence-electron chi connectivity index (χ3n) is 2.86. The lowest BCUT2D eigenvalue weighted by Crippen LogP contribution is -2.46. The minimum Gasteiger partial charge on any atom is -0.391 e. The van der Waals surface area contributed by atoms with Gasteiger partial charge in [-0.3, -0.25) is 0 Å². The number of rotatable bonds is 1. The van der Waals surface area contributed by atoms with Crippen molar-refractivity contribution < 1.29 is 9.50 Å². The molecular weight excluding hydrogens is 197 g/mol. The molecule has 1 aromatic rings. The summed E-state index contributed by atoms with van der Waals surface area (Å²) < 4.78 is 12.9. The zero-order valence-corrected chi connectivity index (χ0v) is 8.60. The van der Waals surface area contributed by atoms with E-state index in [0.29, 0.717) is 5.82 Å². The molecule has 2 atom stereocenters. The van der Waals surface area contributed by atoms with Gasteiger partial charge in [0, 0.05) is 12.6 Å². The zero-order chi connectivity index (χ0) is 10.8. The molecule has 2 heterocycles. The van der Waals surface area contributed by atoms with Crippen molar-refractivity contribution in [3.05, 3.63) is 18.3 Å². The molecule has 0 bridgehead atoms. The first-order valence-corrected chi connectivity index (χ1v) is 5.11. The molecule has 0 radical (unpaired) electrons. The minimum absolute atomic E-state index is 0.0203. The molecule has 82 valence electrons. The highest BCUT2D eigenvalue weighted by atomic mass is 19.1. The molecule has 0 aromatic carbocycles. The lowest BCUT2D eigenvalue weighted by atomic mass is 10.0. The highest BCUT2D eigenvalue weighted by molar-refractivity contribution is 5.39. The Hall–Kier alpha value is -1.23. The Balaban J connectivity index is 2.22. The maximum absolute atomic E-state index is 12.9. The second-order valence-electron chi connectivity index (χ2n) is 3.84. The van der Waals surface area contributed by atoms with Gasteiger partial charge in [0.1, 0.15) is 12.1 Å². The topological polar surface area (TPSA) is 49.2 Å². The third-order valence-corrected chi connectivity index (χ3v) is 2.86. The average Bonchev–Trinajstić information content (AvgIpc) is 2.22. The van der Waals surface area contributed by atoms with E-state index < -0.39 is 5.95 Å². The van der Waals surface area contributed by atoms with Crippen LogP contribution in [0.1, 0.15) is 19.8 Å². The number of aliphatic hydroxyl groups excluding tert-OH is 1. The van der Waals surface area contributed by atoms with Crippen LogP contribution in [0, 0.1) is 5.95 Å². The predicted octanol–water partition coefficient (Wildman–Crippen LogP) is 0.965. The van der Waals surface area contributed by atoms with Crippen molar-refractivity contribution in [2.75, 3.05) is 11.4 Å². The number of piperidine rings is 1. The average molecular weight is 211 g/mol. The van der Waals surface area contributed by atoms with Crippen molar-refractivity contribution in [1.82, 2.24) is 9.97 Å². The summed E-state index contributed by atoms with van der Waals surface area (Å²) in [5, 5.41) is 9.70. The first kappa shape index (κ1) is 10.3. The van der Waals surface area contributed by atoms with Crippen LogP contribution >= 0.6 is 0 Å². The fraction of sp³-hybridized carbons (Fsp3) is 0.600. The molecule has 5 heteroatoms. The number of hydrogen-bond acceptors (Lipinski definition) is 4. The monoisotopic (exact) mass is 211 g/mol. The largest absolute Gasteiger partial charge is 0.391 e. The van der Waals surface area contributed by atoms with E-state index in [1.807, 2.05) is 11.8 Å². The van der Waals surface area contributed by atoms with Crippen molar-refractivity contribution in [1.29, 1.82) is 0 Å². The second kappa shape index (κ2) is 4.10. The molecule has 4 nitrogen and oxygen atoms in total. The quantitative estimate of drug-likeness (QED) is 0.703. The molecule has 2 unspecified atom stereocenters. The number of hydrogen-bond donors (Lipinski definition) is 1. The first-order valence-electron chi connectivity index (χ1n) is 5.11. The van der Waals surface area contributed by atoms with Crippen LogP contribution in [-0.2, 0) is 0 Å². The van der Waals surface area contributed by atoms with E-state index in [2.05, 4.69) is 9.97 Å². The molecule has 1 aromatic heterocycles. The van der Waals surface area contributed by atoms with Crippen LogP contribution in [0.3, 0.4) is 0 Å². The van der Waals surface area contributed by atoms with Crippen LogP contribution in [0.15, 0.2) is 12.4 Å². The normalized spacial score (nSPS) is 26.7. The number of halogens is 1. The van der Waals surface area contributed by atoms with E-state index in [-0.39, 0.29) is 12.1 Å². The maximum Gasteiger partial charge on any atom is 0.218 e. The molecule has 1 saturated heterocycles. The van der Waals surface area contributed by atoms with Crippen LogP contribution in [0.4, 0.5) is 10.2 Å². The molecule has 15 heavy (non-hydrogen) atoms. The van der Waals surface area contributed by atoms with E-state index in [9.17, 15) is 9.50 Å². The molecule has 0 aliphatic carbocycles. The van der Waals surface area contributed by atoms with E-state index in [0.717, 1.165) is 19.4 Å². The van der Waals surface area contributed by atoms with Crippen LogP contribution in [0.25, 0.3) is 0 Å². The van der Waals surface area contributed by atoms with Gasteiger partial charge in [-0.15, -0.1) is 0 Å². The fourth-order valence-corrected chi connectivity index (χ4v) is 1.93. The van der Waals surface area contributed by atoms with E-state index >= 15 is 0 Å². The van der Waals surface area contributed by atoms with Gasteiger partial charge in [0.2, 0.25) is 5.95 Å². The van der Waals surface area contributed by atoms with Crippen molar-refractivity contribution in [2.24, 2.45) is 0 Å². The standard InChI is InChI=1S/C10H14FN3O/c1-7-8(15)3-2-4-14(7)10-5-9(11)12-6-13-10/h5-8,15H,2-4H2,1H3. The van der Waals surface area contributed by atoms with Gasteiger partial charge in [-0.25, -0.2) is 9.97 Å². The van der Waals surface area contributed by atoms with Crippen molar-refractivity contribution in [3.63, 3.8) is 0 Å². The molecule has 2 rings (SSSR count). The maximum atomic E-state index is 12.9. The Morgan fingerprint density at radius 2 is 2.33 bits per heavy atom. The number of aliphatic hydroxyl groups is 1. The summed E-state index contributed by atoms with van der Waals surface area (Å²) >= 11 is 0. The van der Waals surface area contributed by atoms with Gasteiger partial charge in [0.15, 0.2) is 0 Å². The molecule has 0 saturated carbocycles. The summed E-state index contributed by atoms with van der Waals surface area (Å²) in [6, 6.07) is 1.28. The van der Waals surface area contributed by atoms with Crippen molar-refractivity contribution >= 4 is 5.82 Å². The summed E-state index contributed by atoms with van der Waals surface area (Å²) in [6.07, 6.45) is 2.54. The lowest BCUT2D eigenvalue weighted by Gasteiger charge is -2.37. The van der Waals surface area contributed by atoms with Crippen LogP contribution in [0.5, 0.6) is 0 Å². The van der Waals surface area contributed by atoms with E-state index in [1.165, 1.54) is 12.4 Å². The van der Waals surface area contributed by atoms with Crippen LogP contribution in [-0.4, -0.2) is 33.8 Å². The smallest absolute Gasteiger partial charge is 0.218 e. The van der Waals surface area contributed by atoms with E-state index in [4.69, 9.17) is 0 Å². The molecule has 1 aliphatic rings. The van der Waals surface area contributed by atoms with Gasteiger partial charge < -0.3 is 10.0 Å². The summed E-state index contributed by atoms with van der Waals surface area (Å²) in [6.45, 7) is 2.72. The first-order chi connectivity index (χ1) is 7.18. The Morgan fingerprint density at radius 1 is 1.53 bits per heavy atom. The molecule has 1 N–H and O–H groups in total. The van der Waals surface area contributed by atoms with Crippen LogP contribution in [0.2, 0.25) is 0 Å². The predicted molar refractivity (Wildman–Crippen MR) is 54.0 cm³/mol. The van der Waals surface area contributed by atoms with Gasteiger partial charge in [0.25, 0.3) is 0 Å². The Labute approximate surface area is 87.8 Å². The summed E-state index contributed by atoms with van der Waals surface area (Å²) in [4.78, 5) is 9.34. The zero-order valence-electron chi connectivity index (χ0n) is 8.60. The number of nitrogens with zero attached hydrogens (tertiary/aromatic N) is 3. The molecular formula is C10H14FN3O. The highest BCUT2D eigenvalue weighted by Gasteiger charge is 2.27. The van der Waals surface area contributed by atoms with Crippen molar-refractivity contribution in [2.45, 2.75) is 31.9 Å². The summed E-state index contributed by atoms with van der Waals surface area (Å²) in [7, 11) is 0. The Bertz CT molecular complexity index is 347. The summed E-state index contributed by atoms with van der Waals surface area (Å²) in [5.74, 6) is 0.0148. The third kappa shape index (κ3) is 2.07. The SMILES string of the molecule is CC1C(O)CCCN1c1cc(F)ncn1. The second-order valence-corrected chi connectivity index (χ2v) is 3.84. The van der Waals surface area contributed by atoms with Gasteiger partial charge in [-0.2, -0.15) is 4.39 Å². The highest BCUT2D eigenvalue weighted by Crippen LogP contribution is 2.22. The van der Waals surface area contributed by atoms with Crippen LogP contribution < -0.4 is 4.90 Å². The van der Waals surface area contributed by atoms with Crippen molar-refractivity contribution in [3.8, 4) is 0 Å². The molecule has 1 fully saturated rings. The lowest BCUT2D eigenvalue weighted by molar-refractivity contribution is 0.119. The Morgan fingerprint density at radius 3 is 3.07 bits per heavy atom. The number of aromatic nitrogens is 2. The molecule has 0 amide bonds. The van der Waals surface area contributed by atoms with Gasteiger partial charge >= 0.3 is 0 Å². The fourth-order valence-electron chi connectivity index (χ4n) is 1.93. The van der Waals surface area contributed by atoms with E-state index in [1.54, 1.807) is 0 Å².